The molecule has 6 heteroatoms. The molecule has 0 bridgehead atoms. The largest absolute Gasteiger partial charge is 0.265 e. The van der Waals surface area contributed by atoms with E-state index in [0.717, 1.165) is 0 Å². The molecule has 0 aliphatic carbocycles. The van der Waals surface area contributed by atoms with Gasteiger partial charge in [-0.05, 0) is 33.3 Å². The topological polar surface area (TPSA) is 29.1 Å². The van der Waals surface area contributed by atoms with Gasteiger partial charge in [-0.1, -0.05) is 29.8 Å². The van der Waals surface area contributed by atoms with Gasteiger partial charge in [-0.15, -0.1) is 0 Å². The number of hydrogen-bond acceptors (Lipinski definition) is 1. The lowest BCUT2D eigenvalue weighted by atomic mass is 10.1. The van der Waals surface area contributed by atoms with Crippen molar-refractivity contribution in [2.24, 2.45) is 0 Å². The van der Waals surface area contributed by atoms with Crippen LogP contribution in [-0.4, -0.2) is 8.96 Å². The monoisotopic (exact) mass is 309 g/mol. The van der Waals surface area contributed by atoms with Crippen LogP contribution in [0, 0.1) is 0 Å². The van der Waals surface area contributed by atoms with Crippen molar-refractivity contribution in [1.82, 2.24) is 4.72 Å². The molecule has 0 saturated heterocycles. The van der Waals surface area contributed by atoms with Crippen molar-refractivity contribution >= 4 is 22.6 Å². The summed E-state index contributed by atoms with van der Waals surface area (Å²) in [5.41, 5.74) is 0.325. The first-order chi connectivity index (χ1) is 8.64. The van der Waals surface area contributed by atoms with Crippen molar-refractivity contribution in [3.8, 4) is 0 Å². The van der Waals surface area contributed by atoms with Crippen LogP contribution in [0.15, 0.2) is 18.2 Å². The Morgan fingerprint density at radius 3 is 2.26 bits per heavy atom. The minimum atomic E-state index is -2.62. The van der Waals surface area contributed by atoms with E-state index in [4.69, 9.17) is 11.6 Å². The third-order valence-electron chi connectivity index (χ3n) is 2.60. The Kier molecular flexibility index (Phi) is 5.47. The van der Waals surface area contributed by atoms with E-state index in [2.05, 4.69) is 4.72 Å². The predicted octanol–water partition coefficient (Wildman–Crippen LogP) is 4.39. The fraction of sp³-hybridized carbons (Fsp3) is 0.538. The number of nitrogens with one attached hydrogen (secondary N) is 1. The van der Waals surface area contributed by atoms with Crippen LogP contribution in [0.3, 0.4) is 0 Å². The van der Waals surface area contributed by atoms with Crippen LogP contribution in [-0.2, 0) is 11.0 Å². The lowest BCUT2D eigenvalue weighted by Crippen LogP contribution is -2.34. The molecule has 1 unspecified atom stereocenters. The highest BCUT2D eigenvalue weighted by Crippen LogP contribution is 2.33. The van der Waals surface area contributed by atoms with E-state index in [1.54, 1.807) is 13.0 Å². The Balaban J connectivity index is 2.98. The minimum Gasteiger partial charge on any atom is -0.242 e. The first-order valence-corrected chi connectivity index (χ1v) is 7.42. The molecule has 0 aliphatic rings. The summed E-state index contributed by atoms with van der Waals surface area (Å²) in [6.45, 7) is 7.25. The zero-order valence-corrected chi connectivity index (χ0v) is 12.9. The van der Waals surface area contributed by atoms with Gasteiger partial charge in [0.1, 0.15) is 0 Å². The van der Waals surface area contributed by atoms with E-state index >= 15 is 0 Å². The lowest BCUT2D eigenvalue weighted by Gasteiger charge is -2.23. The molecule has 0 aliphatic heterocycles. The number of rotatable bonds is 4. The first kappa shape index (κ1) is 16.5. The fourth-order valence-corrected chi connectivity index (χ4v) is 2.65. The zero-order chi connectivity index (χ0) is 14.8. The molecule has 0 heterocycles. The van der Waals surface area contributed by atoms with Gasteiger partial charge in [-0.25, -0.2) is 17.7 Å². The normalized spacial score (nSPS) is 15.6. The van der Waals surface area contributed by atoms with Crippen LogP contribution < -0.4 is 4.72 Å². The van der Waals surface area contributed by atoms with Crippen molar-refractivity contribution in [1.29, 1.82) is 0 Å². The van der Waals surface area contributed by atoms with Crippen LogP contribution in [0.5, 0.6) is 0 Å². The summed E-state index contributed by atoms with van der Waals surface area (Å²) in [6.07, 6.45) is -2.62. The Labute approximate surface area is 120 Å². The molecule has 19 heavy (non-hydrogen) atoms. The molecule has 0 spiro atoms. The second kappa shape index (κ2) is 6.29. The molecule has 0 amide bonds. The molecule has 1 aromatic rings. The summed E-state index contributed by atoms with van der Waals surface area (Å²) in [7, 11) is -1.29. The molecule has 2 atom stereocenters. The molecule has 1 N–H and O–H groups in total. The van der Waals surface area contributed by atoms with Crippen molar-refractivity contribution in [2.75, 3.05) is 0 Å². The van der Waals surface area contributed by atoms with E-state index < -0.39 is 22.2 Å². The van der Waals surface area contributed by atoms with Crippen LogP contribution in [0.4, 0.5) is 8.78 Å². The number of hydrogen-bond donors (Lipinski definition) is 1. The highest BCUT2D eigenvalue weighted by atomic mass is 35.5. The van der Waals surface area contributed by atoms with Gasteiger partial charge in [0.15, 0.2) is 0 Å². The standard InChI is InChI=1S/C13H18ClF2NOS/c1-8(17-19(18)13(2,3)4)9-6-5-7-10(11(9)14)12(15)16/h5-8,12,17H,1-4H3/t8-,19?/m1/s1. The lowest BCUT2D eigenvalue weighted by molar-refractivity contribution is 0.151. The molecule has 2 nitrogen and oxygen atoms in total. The molecule has 108 valence electrons. The molecule has 0 aromatic heterocycles. The van der Waals surface area contributed by atoms with Gasteiger partial charge >= 0.3 is 0 Å². The Hall–Kier alpha value is -0.520. The molecule has 0 fully saturated rings. The van der Waals surface area contributed by atoms with Crippen molar-refractivity contribution in [3.63, 3.8) is 0 Å². The maximum Gasteiger partial charge on any atom is 0.265 e. The fourth-order valence-electron chi connectivity index (χ4n) is 1.47. The van der Waals surface area contributed by atoms with E-state index in [0.29, 0.717) is 5.56 Å². The second-order valence-electron chi connectivity index (χ2n) is 5.27. The van der Waals surface area contributed by atoms with Crippen molar-refractivity contribution in [3.05, 3.63) is 34.3 Å². The Morgan fingerprint density at radius 1 is 1.26 bits per heavy atom. The first-order valence-electron chi connectivity index (χ1n) is 5.89. The van der Waals surface area contributed by atoms with E-state index in [1.165, 1.54) is 12.1 Å². The second-order valence-corrected chi connectivity index (χ2v) is 7.65. The summed E-state index contributed by atoms with van der Waals surface area (Å²) < 4.78 is 40.0. The van der Waals surface area contributed by atoms with E-state index in [-0.39, 0.29) is 16.6 Å². The van der Waals surface area contributed by atoms with Gasteiger partial charge in [0, 0.05) is 11.6 Å². The smallest absolute Gasteiger partial charge is 0.242 e. The van der Waals surface area contributed by atoms with Crippen LogP contribution >= 0.6 is 11.6 Å². The highest BCUT2D eigenvalue weighted by Gasteiger charge is 2.24. The van der Waals surface area contributed by atoms with Crippen LogP contribution in [0.2, 0.25) is 5.02 Å². The predicted molar refractivity (Wildman–Crippen MR) is 75.9 cm³/mol. The van der Waals surface area contributed by atoms with E-state index in [1.807, 2.05) is 20.8 Å². The van der Waals surface area contributed by atoms with Gasteiger partial charge in [0.05, 0.1) is 20.8 Å². The number of benzene rings is 1. The third kappa shape index (κ3) is 4.23. The number of halogens is 3. The molecule has 0 saturated carbocycles. The van der Waals surface area contributed by atoms with E-state index in [9.17, 15) is 13.0 Å². The third-order valence-corrected chi connectivity index (χ3v) is 4.72. The SMILES string of the molecule is C[C@@H](NS(=O)C(C)(C)C)c1cccc(C(F)F)c1Cl. The Bertz CT molecular complexity index is 474. The van der Waals surface area contributed by atoms with Gasteiger partial charge in [0.25, 0.3) is 6.43 Å². The van der Waals surface area contributed by atoms with Crippen molar-refractivity contribution < 1.29 is 13.0 Å². The summed E-state index contributed by atoms with van der Waals surface area (Å²) in [5, 5.41) is 0.0309. The van der Waals surface area contributed by atoms with Gasteiger partial charge < -0.3 is 0 Å². The Morgan fingerprint density at radius 2 is 1.79 bits per heavy atom. The zero-order valence-electron chi connectivity index (χ0n) is 11.3. The minimum absolute atomic E-state index is 0.0309. The van der Waals surface area contributed by atoms with Crippen LogP contribution in [0.1, 0.15) is 51.3 Å². The average molecular weight is 310 g/mol. The molecular weight excluding hydrogens is 292 g/mol. The summed E-state index contributed by atoms with van der Waals surface area (Å²) >= 11 is 5.98. The molecular formula is C13H18ClF2NOS. The maximum absolute atomic E-state index is 12.8. The summed E-state index contributed by atoms with van der Waals surface area (Å²) in [5.74, 6) is 0. The number of alkyl halides is 2. The average Bonchev–Trinajstić information content (AvgIpc) is 2.27. The molecule has 1 aromatic carbocycles. The molecule has 0 radical (unpaired) electrons. The van der Waals surface area contributed by atoms with Gasteiger partial charge in [0.2, 0.25) is 0 Å². The highest BCUT2D eigenvalue weighted by molar-refractivity contribution is 7.84. The summed E-state index contributed by atoms with van der Waals surface area (Å²) in [4.78, 5) is 0. The maximum atomic E-state index is 12.8. The summed E-state index contributed by atoms with van der Waals surface area (Å²) in [6, 6.07) is 4.11. The molecule has 1 rings (SSSR count). The van der Waals surface area contributed by atoms with Crippen molar-refractivity contribution in [2.45, 2.75) is 44.9 Å². The van der Waals surface area contributed by atoms with Gasteiger partial charge in [-0.3, -0.25) is 0 Å². The van der Waals surface area contributed by atoms with Crippen LogP contribution in [0.25, 0.3) is 0 Å². The quantitative estimate of drug-likeness (QED) is 0.878. The van der Waals surface area contributed by atoms with Gasteiger partial charge in [-0.2, -0.15) is 0 Å².